The van der Waals surface area contributed by atoms with Gasteiger partial charge in [0.2, 0.25) is 0 Å². The van der Waals surface area contributed by atoms with E-state index in [9.17, 15) is 14.7 Å². The summed E-state index contributed by atoms with van der Waals surface area (Å²) in [7, 11) is 0. The molecule has 2 aromatic carbocycles. The Morgan fingerprint density at radius 1 is 1.09 bits per heavy atom. The Hall–Kier alpha value is -3.42. The lowest BCUT2D eigenvalue weighted by molar-refractivity contribution is -0.139. The number of amides is 1. The van der Waals surface area contributed by atoms with Crippen LogP contribution < -0.4 is 10.1 Å². The average Bonchev–Trinajstić information content (AvgIpc) is 2.80. The summed E-state index contributed by atoms with van der Waals surface area (Å²) in [6, 6.07) is 10.9. The number of hydrogen-bond acceptors (Lipinski definition) is 5. The van der Waals surface area contributed by atoms with Crippen LogP contribution in [0.5, 0.6) is 11.8 Å². The highest BCUT2D eigenvalue weighted by Gasteiger charge is 2.22. The van der Waals surface area contributed by atoms with E-state index in [0.29, 0.717) is 5.75 Å². The molecule has 1 unspecified atom stereocenters. The number of carboxylic acids is 1. The molecular weight excluding hydrogens is 465 g/mol. The summed E-state index contributed by atoms with van der Waals surface area (Å²) in [5, 5.41) is 12.2. The van der Waals surface area contributed by atoms with Crippen molar-refractivity contribution in [2.24, 2.45) is 0 Å². The molecular formula is C24H21Cl2N3O4. The lowest BCUT2D eigenvalue weighted by atomic mass is 10.1. The van der Waals surface area contributed by atoms with Crippen molar-refractivity contribution in [3.8, 4) is 11.8 Å². The summed E-state index contributed by atoms with van der Waals surface area (Å²) in [5.41, 5.74) is 1.89. The van der Waals surface area contributed by atoms with E-state index in [1.807, 2.05) is 19.1 Å². The molecule has 7 nitrogen and oxygen atoms in total. The number of hydrogen-bond donors (Lipinski definition) is 2. The number of ether oxygens (including phenoxy) is 1. The van der Waals surface area contributed by atoms with Crippen LogP contribution in [0.2, 0.25) is 10.0 Å². The molecule has 0 fully saturated rings. The smallest absolute Gasteiger partial charge is 0.326 e. The predicted octanol–water partition coefficient (Wildman–Crippen LogP) is 5.42. The van der Waals surface area contributed by atoms with Gasteiger partial charge in [-0.25, -0.2) is 14.8 Å². The van der Waals surface area contributed by atoms with Gasteiger partial charge in [-0.3, -0.25) is 4.79 Å². The Labute approximate surface area is 201 Å². The molecule has 1 aromatic heterocycles. The lowest BCUT2D eigenvalue weighted by Crippen LogP contribution is -2.40. The molecule has 33 heavy (non-hydrogen) atoms. The summed E-state index contributed by atoms with van der Waals surface area (Å²) in [6.45, 7) is 2.02. The van der Waals surface area contributed by atoms with Gasteiger partial charge in [0.25, 0.3) is 5.91 Å². The molecule has 9 heteroatoms. The van der Waals surface area contributed by atoms with Gasteiger partial charge in [-0.05, 0) is 48.2 Å². The van der Waals surface area contributed by atoms with E-state index >= 15 is 0 Å². The zero-order valence-corrected chi connectivity index (χ0v) is 19.2. The van der Waals surface area contributed by atoms with Crippen LogP contribution in [0, 0.1) is 0 Å². The first-order valence-corrected chi connectivity index (χ1v) is 10.9. The Kier molecular flexibility index (Phi) is 8.40. The molecule has 1 heterocycles. The van der Waals surface area contributed by atoms with Crippen LogP contribution in [0.4, 0.5) is 0 Å². The second kappa shape index (κ2) is 11.4. The predicted molar refractivity (Wildman–Crippen MR) is 127 cm³/mol. The van der Waals surface area contributed by atoms with Crippen molar-refractivity contribution in [2.45, 2.75) is 25.8 Å². The molecule has 0 bridgehead atoms. The van der Waals surface area contributed by atoms with Crippen molar-refractivity contribution in [1.29, 1.82) is 0 Å². The van der Waals surface area contributed by atoms with Crippen molar-refractivity contribution < 1.29 is 19.4 Å². The number of aryl methyl sites for hydroxylation is 1. The fraction of sp³-hybridized carbons (Fsp3) is 0.167. The number of nitrogens with one attached hydrogen (secondary N) is 1. The van der Waals surface area contributed by atoms with Gasteiger partial charge >= 0.3 is 12.0 Å². The van der Waals surface area contributed by atoms with Crippen LogP contribution in [-0.2, 0) is 11.2 Å². The third kappa shape index (κ3) is 6.78. The molecule has 0 aliphatic heterocycles. The molecule has 0 saturated carbocycles. The van der Waals surface area contributed by atoms with Gasteiger partial charge in [-0.15, -0.1) is 0 Å². The SMILES string of the molecule is CCc1cnc(Oc2ccc(C=CCC(NC(=O)c3c(Cl)cccc3Cl)C(=O)O)cc2)nc1. The summed E-state index contributed by atoms with van der Waals surface area (Å²) < 4.78 is 5.62. The maximum atomic E-state index is 12.5. The van der Waals surface area contributed by atoms with E-state index in [2.05, 4.69) is 15.3 Å². The highest BCUT2D eigenvalue weighted by Crippen LogP contribution is 2.24. The second-order valence-corrected chi connectivity index (χ2v) is 7.81. The first kappa shape index (κ1) is 24.2. The number of carboxylic acid groups (broad SMARTS) is 1. The van der Waals surface area contributed by atoms with Crippen molar-refractivity contribution in [3.05, 3.63) is 87.7 Å². The number of rotatable bonds is 9. The van der Waals surface area contributed by atoms with E-state index in [1.54, 1.807) is 42.7 Å². The van der Waals surface area contributed by atoms with Gasteiger partial charge in [-0.2, -0.15) is 0 Å². The van der Waals surface area contributed by atoms with Crippen molar-refractivity contribution in [3.63, 3.8) is 0 Å². The number of aliphatic carboxylic acids is 1. The van der Waals surface area contributed by atoms with Gasteiger partial charge < -0.3 is 15.2 Å². The van der Waals surface area contributed by atoms with Gasteiger partial charge in [-0.1, -0.05) is 60.5 Å². The first-order valence-electron chi connectivity index (χ1n) is 10.1. The highest BCUT2D eigenvalue weighted by atomic mass is 35.5. The largest absolute Gasteiger partial charge is 0.480 e. The standard InChI is InChI=1S/C24H21Cl2N3O4/c1-2-15-13-27-24(28-14-15)33-17-11-9-16(10-12-17)5-3-8-20(23(31)32)29-22(30)21-18(25)6-4-7-19(21)26/h3-7,9-14,20H,2,8H2,1H3,(H,29,30)(H,31,32). The molecule has 0 radical (unpaired) electrons. The first-order chi connectivity index (χ1) is 15.9. The molecule has 1 atom stereocenters. The van der Waals surface area contributed by atoms with Crippen molar-refractivity contribution in [1.82, 2.24) is 15.3 Å². The normalized spacial score (nSPS) is 11.8. The molecule has 0 aliphatic rings. The summed E-state index contributed by atoms with van der Waals surface area (Å²) in [4.78, 5) is 32.4. The zero-order chi connectivity index (χ0) is 23.8. The minimum atomic E-state index is -1.17. The quantitative estimate of drug-likeness (QED) is 0.419. The van der Waals surface area contributed by atoms with Crippen molar-refractivity contribution in [2.75, 3.05) is 0 Å². The summed E-state index contributed by atoms with van der Waals surface area (Å²) >= 11 is 12.0. The fourth-order valence-electron chi connectivity index (χ4n) is 2.84. The number of carbonyl (C=O) groups excluding carboxylic acids is 1. The molecule has 2 N–H and O–H groups in total. The number of halogens is 2. The van der Waals surface area contributed by atoms with Crippen LogP contribution in [-0.4, -0.2) is 33.0 Å². The Bertz CT molecular complexity index is 1130. The zero-order valence-electron chi connectivity index (χ0n) is 17.7. The van der Waals surface area contributed by atoms with E-state index in [4.69, 9.17) is 27.9 Å². The van der Waals surface area contributed by atoms with Gasteiger partial charge in [0.1, 0.15) is 11.8 Å². The number of carbonyl (C=O) groups is 2. The van der Waals surface area contributed by atoms with E-state index in [-0.39, 0.29) is 28.0 Å². The molecule has 170 valence electrons. The lowest BCUT2D eigenvalue weighted by Gasteiger charge is -2.14. The van der Waals surface area contributed by atoms with Crippen LogP contribution in [0.25, 0.3) is 6.08 Å². The maximum Gasteiger partial charge on any atom is 0.326 e. The minimum absolute atomic E-state index is 0.0416. The number of aromatic nitrogens is 2. The third-order valence-corrected chi connectivity index (χ3v) is 5.28. The van der Waals surface area contributed by atoms with E-state index < -0.39 is 17.9 Å². The Balaban J connectivity index is 1.59. The molecule has 3 rings (SSSR count). The summed E-state index contributed by atoms with van der Waals surface area (Å²) in [6.07, 6.45) is 7.77. The van der Waals surface area contributed by atoms with Crippen LogP contribution in [0.3, 0.4) is 0 Å². The van der Waals surface area contributed by atoms with Gasteiger partial charge in [0.15, 0.2) is 0 Å². The average molecular weight is 486 g/mol. The monoisotopic (exact) mass is 485 g/mol. The van der Waals surface area contributed by atoms with Gasteiger partial charge in [0, 0.05) is 12.4 Å². The topological polar surface area (TPSA) is 101 Å². The molecule has 0 aliphatic carbocycles. The Morgan fingerprint density at radius 2 is 1.73 bits per heavy atom. The molecule has 0 spiro atoms. The minimum Gasteiger partial charge on any atom is -0.480 e. The van der Waals surface area contributed by atoms with E-state index in [1.165, 1.54) is 12.1 Å². The van der Waals surface area contributed by atoms with Crippen LogP contribution in [0.1, 0.15) is 34.8 Å². The highest BCUT2D eigenvalue weighted by molar-refractivity contribution is 6.39. The fourth-order valence-corrected chi connectivity index (χ4v) is 3.41. The third-order valence-electron chi connectivity index (χ3n) is 4.65. The van der Waals surface area contributed by atoms with Crippen LogP contribution in [0.15, 0.2) is 60.9 Å². The van der Waals surface area contributed by atoms with Crippen LogP contribution >= 0.6 is 23.2 Å². The number of benzene rings is 2. The Morgan fingerprint density at radius 3 is 2.30 bits per heavy atom. The van der Waals surface area contributed by atoms with E-state index in [0.717, 1.165) is 17.5 Å². The molecule has 1 amide bonds. The summed E-state index contributed by atoms with van der Waals surface area (Å²) in [5.74, 6) is -1.25. The molecule has 0 saturated heterocycles. The second-order valence-electron chi connectivity index (χ2n) is 7.00. The van der Waals surface area contributed by atoms with Gasteiger partial charge in [0.05, 0.1) is 15.6 Å². The molecule has 3 aromatic rings. The maximum absolute atomic E-state index is 12.5. The number of nitrogens with zero attached hydrogens (tertiary/aromatic N) is 2. The van der Waals surface area contributed by atoms with Crippen molar-refractivity contribution >= 4 is 41.2 Å².